The van der Waals surface area contributed by atoms with E-state index in [4.69, 9.17) is 4.74 Å². The quantitative estimate of drug-likeness (QED) is 0.763. The number of hydrogen-bond acceptors (Lipinski definition) is 4. The van der Waals surface area contributed by atoms with Gasteiger partial charge in [0.1, 0.15) is 0 Å². The highest BCUT2D eigenvalue weighted by atomic mass is 19.1. The Bertz CT molecular complexity index is 416. The Hall–Kier alpha value is -0.980. The molecular formula is C14H25FN4O. The summed E-state index contributed by atoms with van der Waals surface area (Å²) in [6.07, 6.45) is 1.07. The molecule has 1 aromatic rings. The van der Waals surface area contributed by atoms with Crippen molar-refractivity contribution < 1.29 is 9.13 Å². The van der Waals surface area contributed by atoms with Gasteiger partial charge in [0, 0.05) is 31.7 Å². The first-order chi connectivity index (χ1) is 9.72. The zero-order valence-electron chi connectivity index (χ0n) is 12.5. The van der Waals surface area contributed by atoms with E-state index in [1.54, 1.807) is 0 Å². The summed E-state index contributed by atoms with van der Waals surface area (Å²) in [7, 11) is 0. The number of aromatic nitrogens is 2. The van der Waals surface area contributed by atoms with Gasteiger partial charge < -0.3 is 10.1 Å². The number of nitrogens with one attached hydrogen (secondary N) is 1. The van der Waals surface area contributed by atoms with Crippen molar-refractivity contribution in [1.82, 2.24) is 20.0 Å². The van der Waals surface area contributed by atoms with Gasteiger partial charge in [-0.05, 0) is 33.4 Å². The Kier molecular flexibility index (Phi) is 5.94. The van der Waals surface area contributed by atoms with E-state index >= 15 is 0 Å². The van der Waals surface area contributed by atoms with Crippen molar-refractivity contribution in [1.29, 1.82) is 0 Å². The maximum absolute atomic E-state index is 13.9. The molecule has 0 atom stereocenters. The summed E-state index contributed by atoms with van der Waals surface area (Å²) in [6.45, 7) is 10.6. The summed E-state index contributed by atoms with van der Waals surface area (Å²) >= 11 is 0. The third-order valence-electron chi connectivity index (χ3n) is 3.72. The van der Waals surface area contributed by atoms with Crippen LogP contribution in [0.5, 0.6) is 0 Å². The molecular weight excluding hydrogens is 259 g/mol. The molecule has 2 heterocycles. The molecule has 0 radical (unpaired) electrons. The van der Waals surface area contributed by atoms with Gasteiger partial charge in [-0.1, -0.05) is 0 Å². The first-order valence-electron chi connectivity index (χ1n) is 7.45. The fourth-order valence-electron chi connectivity index (χ4n) is 2.47. The first kappa shape index (κ1) is 15.4. The fourth-order valence-corrected chi connectivity index (χ4v) is 2.47. The molecule has 1 fully saturated rings. The second kappa shape index (κ2) is 7.71. The molecule has 1 N–H and O–H groups in total. The molecule has 0 amide bonds. The second-order valence-electron chi connectivity index (χ2n) is 5.15. The zero-order chi connectivity index (χ0) is 14.4. The number of ether oxygens (including phenoxy) is 1. The summed E-state index contributed by atoms with van der Waals surface area (Å²) in [5, 5.41) is 7.49. The standard InChI is InChI=1S/C14H25FN4O/c1-3-19-14(15)13(12(2)17-19)11-16-5-4-6-18-7-9-20-10-8-18/h16H,3-11H2,1-2H3. The molecule has 0 aromatic carbocycles. The van der Waals surface area contributed by atoms with Crippen LogP contribution in [0.25, 0.3) is 0 Å². The number of nitrogens with zero attached hydrogens (tertiary/aromatic N) is 3. The molecule has 0 spiro atoms. The van der Waals surface area contributed by atoms with E-state index in [2.05, 4.69) is 15.3 Å². The summed E-state index contributed by atoms with van der Waals surface area (Å²) < 4.78 is 20.7. The van der Waals surface area contributed by atoms with Gasteiger partial charge in [0.15, 0.2) is 0 Å². The van der Waals surface area contributed by atoms with Crippen molar-refractivity contribution >= 4 is 0 Å². The van der Waals surface area contributed by atoms with E-state index < -0.39 is 0 Å². The minimum absolute atomic E-state index is 0.203. The minimum Gasteiger partial charge on any atom is -0.379 e. The van der Waals surface area contributed by atoms with Gasteiger partial charge in [0.05, 0.1) is 18.9 Å². The molecule has 0 bridgehead atoms. The van der Waals surface area contributed by atoms with Gasteiger partial charge in [-0.25, -0.2) is 4.68 Å². The van der Waals surface area contributed by atoms with Crippen molar-refractivity contribution in [3.8, 4) is 0 Å². The molecule has 114 valence electrons. The molecule has 1 aliphatic heterocycles. The largest absolute Gasteiger partial charge is 0.379 e. The minimum atomic E-state index is -0.203. The summed E-state index contributed by atoms with van der Waals surface area (Å²) in [5.41, 5.74) is 1.48. The third kappa shape index (κ3) is 4.01. The van der Waals surface area contributed by atoms with Crippen LogP contribution in [0, 0.1) is 12.9 Å². The Morgan fingerprint density at radius 3 is 2.75 bits per heavy atom. The predicted octanol–water partition coefficient (Wildman–Crippen LogP) is 1.16. The lowest BCUT2D eigenvalue weighted by Gasteiger charge is -2.26. The molecule has 1 aliphatic rings. The lowest BCUT2D eigenvalue weighted by molar-refractivity contribution is 0.0374. The smallest absolute Gasteiger partial charge is 0.216 e. The predicted molar refractivity (Wildman–Crippen MR) is 76.2 cm³/mol. The van der Waals surface area contributed by atoms with Crippen LogP contribution >= 0.6 is 0 Å². The third-order valence-corrected chi connectivity index (χ3v) is 3.72. The van der Waals surface area contributed by atoms with Crippen LogP contribution < -0.4 is 5.32 Å². The highest BCUT2D eigenvalue weighted by Crippen LogP contribution is 2.11. The average Bonchev–Trinajstić information content (AvgIpc) is 2.75. The highest BCUT2D eigenvalue weighted by Gasteiger charge is 2.13. The number of hydrogen-bond donors (Lipinski definition) is 1. The number of aryl methyl sites for hydroxylation is 2. The molecule has 5 nitrogen and oxygen atoms in total. The maximum Gasteiger partial charge on any atom is 0.216 e. The second-order valence-corrected chi connectivity index (χ2v) is 5.15. The SMILES string of the molecule is CCn1nc(C)c(CNCCCN2CCOCC2)c1F. The van der Waals surface area contributed by atoms with Gasteiger partial charge in [0.25, 0.3) is 0 Å². The fraction of sp³-hybridized carbons (Fsp3) is 0.786. The highest BCUT2D eigenvalue weighted by molar-refractivity contribution is 5.17. The van der Waals surface area contributed by atoms with Crippen molar-refractivity contribution in [3.05, 3.63) is 17.2 Å². The molecule has 0 aliphatic carbocycles. The van der Waals surface area contributed by atoms with E-state index in [1.165, 1.54) is 4.68 Å². The molecule has 0 saturated carbocycles. The van der Waals surface area contributed by atoms with Crippen molar-refractivity contribution in [2.45, 2.75) is 33.4 Å². The molecule has 1 saturated heterocycles. The molecule has 0 unspecified atom stereocenters. The molecule has 1 aromatic heterocycles. The van der Waals surface area contributed by atoms with Gasteiger partial charge in [0.2, 0.25) is 5.95 Å². The van der Waals surface area contributed by atoms with Crippen LogP contribution in [-0.4, -0.2) is 54.1 Å². The van der Waals surface area contributed by atoms with Crippen LogP contribution in [0.15, 0.2) is 0 Å². The van der Waals surface area contributed by atoms with Crippen LogP contribution in [-0.2, 0) is 17.8 Å². The number of morpholine rings is 1. The van der Waals surface area contributed by atoms with E-state index in [0.29, 0.717) is 18.7 Å². The monoisotopic (exact) mass is 284 g/mol. The Labute approximate surface area is 120 Å². The van der Waals surface area contributed by atoms with Gasteiger partial charge in [-0.2, -0.15) is 9.49 Å². The summed E-state index contributed by atoms with van der Waals surface area (Å²) in [5.74, 6) is -0.203. The number of halogens is 1. The lowest BCUT2D eigenvalue weighted by Crippen LogP contribution is -2.37. The van der Waals surface area contributed by atoms with Crippen molar-refractivity contribution in [2.75, 3.05) is 39.4 Å². The molecule has 6 heteroatoms. The van der Waals surface area contributed by atoms with Gasteiger partial charge >= 0.3 is 0 Å². The summed E-state index contributed by atoms with van der Waals surface area (Å²) in [6, 6.07) is 0. The van der Waals surface area contributed by atoms with Crippen LogP contribution in [0.1, 0.15) is 24.6 Å². The first-order valence-corrected chi connectivity index (χ1v) is 7.45. The van der Waals surface area contributed by atoms with Crippen LogP contribution in [0.2, 0.25) is 0 Å². The van der Waals surface area contributed by atoms with E-state index in [1.807, 2.05) is 13.8 Å². The average molecular weight is 284 g/mol. The maximum atomic E-state index is 13.9. The van der Waals surface area contributed by atoms with Gasteiger partial charge in [-0.3, -0.25) is 4.90 Å². The van der Waals surface area contributed by atoms with Gasteiger partial charge in [-0.15, -0.1) is 0 Å². The van der Waals surface area contributed by atoms with Crippen molar-refractivity contribution in [2.24, 2.45) is 0 Å². The van der Waals surface area contributed by atoms with Crippen molar-refractivity contribution in [3.63, 3.8) is 0 Å². The number of rotatable bonds is 7. The van der Waals surface area contributed by atoms with E-state index in [0.717, 1.165) is 51.5 Å². The van der Waals surface area contributed by atoms with E-state index in [-0.39, 0.29) is 5.95 Å². The summed E-state index contributed by atoms with van der Waals surface area (Å²) in [4.78, 5) is 2.41. The topological polar surface area (TPSA) is 42.3 Å². The Morgan fingerprint density at radius 1 is 1.35 bits per heavy atom. The normalized spacial score (nSPS) is 16.8. The molecule has 2 rings (SSSR count). The van der Waals surface area contributed by atoms with Crippen LogP contribution in [0.3, 0.4) is 0 Å². The molecule has 20 heavy (non-hydrogen) atoms. The Balaban J connectivity index is 1.66. The zero-order valence-corrected chi connectivity index (χ0v) is 12.5. The van der Waals surface area contributed by atoms with Crippen LogP contribution in [0.4, 0.5) is 4.39 Å². The Morgan fingerprint density at radius 2 is 2.10 bits per heavy atom. The lowest BCUT2D eigenvalue weighted by atomic mass is 10.2. The van der Waals surface area contributed by atoms with E-state index in [9.17, 15) is 4.39 Å².